The Morgan fingerprint density at radius 1 is 0.250 bits per heavy atom. The molecule has 2 aromatic heterocycles. The van der Waals surface area contributed by atoms with Crippen LogP contribution in [0.3, 0.4) is 0 Å². The minimum absolute atomic E-state index is 0.796. The Labute approximate surface area is 371 Å². The van der Waals surface area contributed by atoms with Crippen molar-refractivity contribution in [3.05, 3.63) is 243 Å². The van der Waals surface area contributed by atoms with Gasteiger partial charge >= 0.3 is 0 Å². The van der Waals surface area contributed by atoms with Crippen molar-refractivity contribution in [1.29, 1.82) is 0 Å². The molecule has 0 saturated carbocycles. The predicted octanol–water partition coefficient (Wildman–Crippen LogP) is 15.5. The lowest BCUT2D eigenvalue weighted by molar-refractivity contribution is 1.07. The summed E-state index contributed by atoms with van der Waals surface area (Å²) in [6.07, 6.45) is 0. The summed E-state index contributed by atoms with van der Waals surface area (Å²) in [7, 11) is 0. The van der Waals surface area contributed by atoms with Gasteiger partial charge in [-0.1, -0.05) is 194 Å². The van der Waals surface area contributed by atoms with E-state index in [0.29, 0.717) is 0 Å². The second-order valence-electron chi connectivity index (χ2n) is 16.2. The summed E-state index contributed by atoms with van der Waals surface area (Å²) in [5.41, 5.74) is 16.0. The topological polar surface area (TPSA) is 35.6 Å². The van der Waals surface area contributed by atoms with Gasteiger partial charge in [0.25, 0.3) is 0 Å². The molecule has 0 aliphatic heterocycles. The molecular formula is C60H40N4. The van der Waals surface area contributed by atoms with Crippen LogP contribution in [0.15, 0.2) is 243 Å². The third kappa shape index (κ3) is 6.48. The Morgan fingerprint density at radius 2 is 0.734 bits per heavy atom. The molecule has 300 valence electrons. The van der Waals surface area contributed by atoms with Gasteiger partial charge in [-0.3, -0.25) is 4.57 Å². The van der Waals surface area contributed by atoms with Crippen LogP contribution in [0.25, 0.3) is 111 Å². The van der Waals surface area contributed by atoms with Crippen LogP contribution in [-0.4, -0.2) is 19.3 Å². The summed E-state index contributed by atoms with van der Waals surface area (Å²) in [5.74, 6) is 1.60. The number of hydrogen-bond acceptors (Lipinski definition) is 2. The summed E-state index contributed by atoms with van der Waals surface area (Å²) in [4.78, 5) is 0. The normalized spacial score (nSPS) is 11.4. The van der Waals surface area contributed by atoms with Crippen molar-refractivity contribution < 1.29 is 0 Å². The first-order valence-corrected chi connectivity index (χ1v) is 21.7. The molecule has 64 heavy (non-hydrogen) atoms. The van der Waals surface area contributed by atoms with Gasteiger partial charge in [0.2, 0.25) is 0 Å². The summed E-state index contributed by atoms with van der Waals surface area (Å²) in [5, 5.41) is 14.4. The summed E-state index contributed by atoms with van der Waals surface area (Å²) in [6.45, 7) is 0. The standard InChI is InChI=1S/C60H40N4/c1-3-16-44(17-4-1)59-61-62-60(64(59)49-19-5-2-6-20-49)45-30-28-43(29-31-45)51-21-9-11-23-53(51)54-24-12-10-22-52(54)48-35-38-58-56(40-48)55-25-13-14-26-57(55)63(58)50-36-33-42(34-37-50)47-32-27-41-15-7-8-18-46(41)39-47/h1-40H. The van der Waals surface area contributed by atoms with E-state index in [1.807, 2.05) is 24.3 Å². The van der Waals surface area contributed by atoms with Crippen molar-refractivity contribution in [3.8, 4) is 78.7 Å². The van der Waals surface area contributed by atoms with E-state index in [1.165, 1.54) is 71.5 Å². The van der Waals surface area contributed by atoms with Crippen LogP contribution in [0.1, 0.15) is 0 Å². The smallest absolute Gasteiger partial charge is 0.168 e. The minimum atomic E-state index is 0.796. The lowest BCUT2D eigenvalue weighted by atomic mass is 9.89. The van der Waals surface area contributed by atoms with Gasteiger partial charge in [0.05, 0.1) is 11.0 Å². The van der Waals surface area contributed by atoms with E-state index in [-0.39, 0.29) is 0 Å². The van der Waals surface area contributed by atoms with Gasteiger partial charge < -0.3 is 4.57 Å². The molecule has 0 N–H and O–H groups in total. The zero-order valence-corrected chi connectivity index (χ0v) is 34.9. The van der Waals surface area contributed by atoms with E-state index in [1.54, 1.807) is 0 Å². The maximum atomic E-state index is 4.75. The zero-order chi connectivity index (χ0) is 42.4. The van der Waals surface area contributed by atoms with Gasteiger partial charge in [0.15, 0.2) is 11.6 Å². The summed E-state index contributed by atoms with van der Waals surface area (Å²) in [6, 6.07) is 86.8. The SMILES string of the molecule is c1ccc(-c2nnc(-c3ccc(-c4ccccc4-c4ccccc4-c4ccc5c(c4)c4ccccc4n5-c4ccc(-c5ccc6ccccc6c5)cc4)cc3)n2-c2ccccc2)cc1. The molecule has 4 nitrogen and oxygen atoms in total. The molecule has 4 heteroatoms. The molecule has 0 spiro atoms. The number of aromatic nitrogens is 4. The lowest BCUT2D eigenvalue weighted by Crippen LogP contribution is -2.00. The van der Waals surface area contributed by atoms with Gasteiger partial charge in [-0.05, 0) is 104 Å². The Kier molecular flexibility index (Phi) is 9.12. The first-order chi connectivity index (χ1) is 31.7. The van der Waals surface area contributed by atoms with Gasteiger partial charge in [-0.15, -0.1) is 10.2 Å². The van der Waals surface area contributed by atoms with Crippen molar-refractivity contribution in [1.82, 2.24) is 19.3 Å². The van der Waals surface area contributed by atoms with Gasteiger partial charge in [0, 0.05) is 33.3 Å². The number of hydrogen-bond donors (Lipinski definition) is 0. The molecule has 0 amide bonds. The van der Waals surface area contributed by atoms with Crippen molar-refractivity contribution in [2.45, 2.75) is 0 Å². The maximum absolute atomic E-state index is 4.75. The Morgan fingerprint density at radius 3 is 1.45 bits per heavy atom. The third-order valence-electron chi connectivity index (χ3n) is 12.5. The fraction of sp³-hybridized carbons (Fsp3) is 0. The first-order valence-electron chi connectivity index (χ1n) is 21.7. The number of benzene rings is 10. The van der Waals surface area contributed by atoms with Crippen LogP contribution >= 0.6 is 0 Å². The molecule has 0 atom stereocenters. The van der Waals surface area contributed by atoms with Crippen LogP contribution in [0.4, 0.5) is 0 Å². The molecule has 2 heterocycles. The van der Waals surface area contributed by atoms with E-state index in [4.69, 9.17) is 10.2 Å². The minimum Gasteiger partial charge on any atom is -0.309 e. The van der Waals surface area contributed by atoms with E-state index in [9.17, 15) is 0 Å². The second-order valence-corrected chi connectivity index (χ2v) is 16.2. The van der Waals surface area contributed by atoms with E-state index in [2.05, 4.69) is 228 Å². The number of nitrogens with zero attached hydrogens (tertiary/aromatic N) is 4. The molecule has 0 aliphatic rings. The molecule has 0 radical (unpaired) electrons. The van der Waals surface area contributed by atoms with Crippen LogP contribution in [0.5, 0.6) is 0 Å². The van der Waals surface area contributed by atoms with Crippen molar-refractivity contribution in [2.24, 2.45) is 0 Å². The predicted molar refractivity (Wildman–Crippen MR) is 266 cm³/mol. The van der Waals surface area contributed by atoms with Crippen molar-refractivity contribution >= 4 is 32.6 Å². The molecule has 12 aromatic rings. The molecule has 0 unspecified atom stereocenters. The van der Waals surface area contributed by atoms with Crippen molar-refractivity contribution in [3.63, 3.8) is 0 Å². The molecule has 0 fully saturated rings. The third-order valence-corrected chi connectivity index (χ3v) is 12.5. The highest BCUT2D eigenvalue weighted by Gasteiger charge is 2.19. The quantitative estimate of drug-likeness (QED) is 0.153. The average molecular weight is 817 g/mol. The van der Waals surface area contributed by atoms with Gasteiger partial charge in [-0.2, -0.15) is 0 Å². The number of fused-ring (bicyclic) bond motifs is 4. The highest BCUT2D eigenvalue weighted by molar-refractivity contribution is 6.11. The van der Waals surface area contributed by atoms with Crippen LogP contribution < -0.4 is 0 Å². The lowest BCUT2D eigenvalue weighted by Gasteiger charge is -2.16. The average Bonchev–Trinajstić information content (AvgIpc) is 3.97. The fourth-order valence-corrected chi connectivity index (χ4v) is 9.40. The largest absolute Gasteiger partial charge is 0.309 e. The first kappa shape index (κ1) is 37.2. The number of rotatable bonds is 8. The second kappa shape index (κ2) is 15.7. The highest BCUT2D eigenvalue weighted by Crippen LogP contribution is 2.41. The summed E-state index contributed by atoms with van der Waals surface area (Å²) >= 11 is 0. The van der Waals surface area contributed by atoms with Gasteiger partial charge in [0.1, 0.15) is 0 Å². The summed E-state index contributed by atoms with van der Waals surface area (Å²) < 4.78 is 4.54. The monoisotopic (exact) mass is 816 g/mol. The fourth-order valence-electron chi connectivity index (χ4n) is 9.40. The maximum Gasteiger partial charge on any atom is 0.168 e. The van der Waals surface area contributed by atoms with Crippen molar-refractivity contribution in [2.75, 3.05) is 0 Å². The molecule has 12 rings (SSSR count). The van der Waals surface area contributed by atoms with Gasteiger partial charge in [-0.25, -0.2) is 0 Å². The highest BCUT2D eigenvalue weighted by atomic mass is 15.3. The van der Waals surface area contributed by atoms with Crippen LogP contribution in [0.2, 0.25) is 0 Å². The Hall–Kier alpha value is -8.60. The van der Waals surface area contributed by atoms with Crippen LogP contribution in [-0.2, 0) is 0 Å². The van der Waals surface area contributed by atoms with E-state index in [0.717, 1.165) is 39.7 Å². The number of para-hydroxylation sites is 2. The van der Waals surface area contributed by atoms with E-state index >= 15 is 0 Å². The van der Waals surface area contributed by atoms with Crippen LogP contribution in [0, 0.1) is 0 Å². The molecule has 0 bridgehead atoms. The zero-order valence-electron chi connectivity index (χ0n) is 34.9. The van der Waals surface area contributed by atoms with E-state index < -0.39 is 0 Å². The molecule has 10 aromatic carbocycles. The molecular weight excluding hydrogens is 777 g/mol. The Bertz CT molecular complexity index is 3640. The Balaban J connectivity index is 0.907. The molecule has 0 aliphatic carbocycles. The molecule has 0 saturated heterocycles.